The van der Waals surface area contributed by atoms with E-state index in [-0.39, 0.29) is 0 Å². The van der Waals surface area contributed by atoms with Crippen molar-refractivity contribution in [2.45, 2.75) is 37.6 Å². The van der Waals surface area contributed by atoms with Gasteiger partial charge in [-0.15, -0.1) is 0 Å². The first kappa shape index (κ1) is 14.2. The second kappa shape index (κ2) is 5.85. The van der Waals surface area contributed by atoms with Crippen LogP contribution in [0.15, 0.2) is 24.3 Å². The number of aliphatic hydroxyl groups is 4. The molecule has 0 aromatic heterocycles. The summed E-state index contributed by atoms with van der Waals surface area (Å²) in [5.74, 6) is 0. The number of hydrogen-bond donors (Lipinski definition) is 5. The Morgan fingerprint density at radius 1 is 1.05 bits per heavy atom. The molecule has 1 aliphatic heterocycles. The molecule has 1 aromatic carbocycles. The molecule has 1 fully saturated rings. The third kappa shape index (κ3) is 3.05. The van der Waals surface area contributed by atoms with Gasteiger partial charge in [-0.3, -0.25) is 0 Å². The molecule has 19 heavy (non-hydrogen) atoms. The van der Waals surface area contributed by atoms with Crippen LogP contribution < -0.4 is 5.32 Å². The lowest BCUT2D eigenvalue weighted by atomic mass is 9.98. The normalized spacial score (nSPS) is 35.1. The lowest BCUT2D eigenvalue weighted by molar-refractivity contribution is -0.221. The second-order valence-corrected chi connectivity index (χ2v) is 4.76. The van der Waals surface area contributed by atoms with E-state index >= 15 is 0 Å². The first-order valence-corrected chi connectivity index (χ1v) is 6.16. The Balaban J connectivity index is 2.08. The van der Waals surface area contributed by atoms with Gasteiger partial charge in [0.2, 0.25) is 0 Å². The molecule has 1 aromatic rings. The number of ether oxygens (including phenoxy) is 1. The Morgan fingerprint density at radius 2 is 1.68 bits per heavy atom. The highest BCUT2D eigenvalue weighted by molar-refractivity contribution is 5.45. The Labute approximate surface area is 111 Å². The van der Waals surface area contributed by atoms with Gasteiger partial charge in [0.05, 0.1) is 6.61 Å². The predicted molar refractivity (Wildman–Crippen MR) is 68.6 cm³/mol. The average molecular weight is 269 g/mol. The molecule has 0 amide bonds. The van der Waals surface area contributed by atoms with Crippen molar-refractivity contribution in [3.05, 3.63) is 29.8 Å². The molecule has 6 nitrogen and oxygen atoms in total. The lowest BCUT2D eigenvalue weighted by Gasteiger charge is -2.40. The lowest BCUT2D eigenvalue weighted by Crippen LogP contribution is -2.60. The van der Waals surface area contributed by atoms with E-state index in [1.807, 2.05) is 31.2 Å². The van der Waals surface area contributed by atoms with Gasteiger partial charge in [0.25, 0.3) is 0 Å². The van der Waals surface area contributed by atoms with Crippen LogP contribution in [0.5, 0.6) is 0 Å². The molecule has 5 atom stereocenters. The molecule has 2 rings (SSSR count). The molecule has 0 bridgehead atoms. The number of rotatable bonds is 3. The van der Waals surface area contributed by atoms with Crippen molar-refractivity contribution in [2.24, 2.45) is 0 Å². The van der Waals surface area contributed by atoms with Crippen LogP contribution in [0, 0.1) is 6.92 Å². The largest absolute Gasteiger partial charge is 0.394 e. The van der Waals surface area contributed by atoms with Gasteiger partial charge in [-0.2, -0.15) is 0 Å². The van der Waals surface area contributed by atoms with Crippen molar-refractivity contribution in [3.63, 3.8) is 0 Å². The van der Waals surface area contributed by atoms with E-state index in [4.69, 9.17) is 9.84 Å². The number of hydrogen-bond acceptors (Lipinski definition) is 6. The minimum atomic E-state index is -1.37. The Kier molecular flexibility index (Phi) is 4.38. The van der Waals surface area contributed by atoms with Gasteiger partial charge in [-0.1, -0.05) is 17.7 Å². The van der Waals surface area contributed by atoms with Gasteiger partial charge in [0, 0.05) is 5.69 Å². The van der Waals surface area contributed by atoms with Crippen LogP contribution in [0.4, 0.5) is 5.69 Å². The highest BCUT2D eigenvalue weighted by Crippen LogP contribution is 2.22. The first-order valence-electron chi connectivity index (χ1n) is 6.16. The summed E-state index contributed by atoms with van der Waals surface area (Å²) < 4.78 is 5.34. The summed E-state index contributed by atoms with van der Waals surface area (Å²) in [6, 6.07) is 7.42. The third-order valence-electron chi connectivity index (χ3n) is 3.25. The average Bonchev–Trinajstić information content (AvgIpc) is 2.42. The zero-order chi connectivity index (χ0) is 14.0. The van der Waals surface area contributed by atoms with Crippen LogP contribution in [-0.2, 0) is 4.74 Å². The monoisotopic (exact) mass is 269 g/mol. The van der Waals surface area contributed by atoms with Gasteiger partial charge in [0.1, 0.15) is 24.4 Å². The van der Waals surface area contributed by atoms with Crippen molar-refractivity contribution in [1.29, 1.82) is 0 Å². The fourth-order valence-corrected chi connectivity index (χ4v) is 2.03. The summed E-state index contributed by atoms with van der Waals surface area (Å²) in [5, 5.41) is 41.2. The van der Waals surface area contributed by atoms with Crippen LogP contribution in [0.1, 0.15) is 5.56 Å². The molecule has 1 aliphatic rings. The van der Waals surface area contributed by atoms with Gasteiger partial charge in [-0.25, -0.2) is 0 Å². The molecule has 0 aliphatic carbocycles. The number of anilines is 1. The molecule has 5 N–H and O–H groups in total. The maximum absolute atomic E-state index is 9.86. The summed E-state index contributed by atoms with van der Waals surface area (Å²) in [4.78, 5) is 0. The molecule has 1 unspecified atom stereocenters. The quantitative estimate of drug-likeness (QED) is 0.493. The van der Waals surface area contributed by atoms with Crippen molar-refractivity contribution >= 4 is 5.69 Å². The fourth-order valence-electron chi connectivity index (χ4n) is 2.03. The maximum atomic E-state index is 9.86. The topological polar surface area (TPSA) is 102 Å². The molecule has 6 heteroatoms. The molecule has 1 saturated heterocycles. The van der Waals surface area contributed by atoms with Gasteiger partial charge < -0.3 is 30.5 Å². The van der Waals surface area contributed by atoms with Crippen LogP contribution >= 0.6 is 0 Å². The highest BCUT2D eigenvalue weighted by Gasteiger charge is 2.43. The molecule has 106 valence electrons. The number of aryl methyl sites for hydroxylation is 1. The second-order valence-electron chi connectivity index (χ2n) is 4.76. The Morgan fingerprint density at radius 3 is 2.26 bits per heavy atom. The van der Waals surface area contributed by atoms with Crippen LogP contribution in [0.2, 0.25) is 0 Å². The minimum Gasteiger partial charge on any atom is -0.394 e. The summed E-state index contributed by atoms with van der Waals surface area (Å²) in [5.41, 5.74) is 1.81. The van der Waals surface area contributed by atoms with Crippen molar-refractivity contribution in [3.8, 4) is 0 Å². The summed E-state index contributed by atoms with van der Waals surface area (Å²) in [7, 11) is 0. The Hall–Kier alpha value is -1.18. The molecule has 1 heterocycles. The summed E-state index contributed by atoms with van der Waals surface area (Å²) in [6.45, 7) is 1.52. The van der Waals surface area contributed by atoms with Gasteiger partial charge in [0.15, 0.2) is 6.23 Å². The zero-order valence-electron chi connectivity index (χ0n) is 10.6. The van der Waals surface area contributed by atoms with E-state index in [0.717, 1.165) is 11.3 Å². The predicted octanol–water partition coefficient (Wildman–Crippen LogP) is -0.793. The van der Waals surface area contributed by atoms with E-state index in [0.29, 0.717) is 0 Å². The maximum Gasteiger partial charge on any atom is 0.157 e. The van der Waals surface area contributed by atoms with E-state index in [1.165, 1.54) is 0 Å². The molecular formula is C13H19NO5. The van der Waals surface area contributed by atoms with Crippen LogP contribution in [0.3, 0.4) is 0 Å². The standard InChI is InChI=1S/C13H19NO5/c1-7-2-4-8(5-3-7)14-13-12(18)11(17)10(16)9(6-15)19-13/h2-5,9-18H,6H2,1H3/t9-,10-,11+,12-,13?/m1/s1. The number of aliphatic hydroxyl groups excluding tert-OH is 4. The third-order valence-corrected chi connectivity index (χ3v) is 3.25. The molecular weight excluding hydrogens is 250 g/mol. The van der Waals surface area contributed by atoms with Crippen molar-refractivity contribution in [1.82, 2.24) is 0 Å². The first-order chi connectivity index (χ1) is 9.02. The zero-order valence-corrected chi connectivity index (χ0v) is 10.6. The number of nitrogens with one attached hydrogen (secondary N) is 1. The van der Waals surface area contributed by atoms with E-state index in [1.54, 1.807) is 0 Å². The van der Waals surface area contributed by atoms with Crippen molar-refractivity contribution in [2.75, 3.05) is 11.9 Å². The summed E-state index contributed by atoms with van der Waals surface area (Å²) in [6.07, 6.45) is -5.77. The number of benzene rings is 1. The van der Waals surface area contributed by atoms with Crippen LogP contribution in [-0.4, -0.2) is 57.7 Å². The van der Waals surface area contributed by atoms with Gasteiger partial charge >= 0.3 is 0 Å². The van der Waals surface area contributed by atoms with Crippen molar-refractivity contribution < 1.29 is 25.2 Å². The molecule has 0 spiro atoms. The van der Waals surface area contributed by atoms with Gasteiger partial charge in [-0.05, 0) is 19.1 Å². The summed E-state index contributed by atoms with van der Waals surface area (Å²) >= 11 is 0. The van der Waals surface area contributed by atoms with E-state index in [2.05, 4.69) is 5.32 Å². The minimum absolute atomic E-state index is 0.434. The highest BCUT2D eigenvalue weighted by atomic mass is 16.6. The van der Waals surface area contributed by atoms with E-state index in [9.17, 15) is 15.3 Å². The smallest absolute Gasteiger partial charge is 0.157 e. The molecule has 0 radical (unpaired) electrons. The Bertz CT molecular complexity index is 408. The SMILES string of the molecule is Cc1ccc(NC2O[C@H](CO)[C@@H](O)[C@H](O)[C@H]2O)cc1. The van der Waals surface area contributed by atoms with E-state index < -0.39 is 37.3 Å². The van der Waals surface area contributed by atoms with Crippen LogP contribution in [0.25, 0.3) is 0 Å². The fraction of sp³-hybridized carbons (Fsp3) is 0.538. The molecule has 0 saturated carbocycles.